The van der Waals surface area contributed by atoms with Crippen LogP contribution in [-0.4, -0.2) is 48.8 Å². The SMILES string of the molecule is CCCN1CC(CC)CC(NCCO)C1. The predicted octanol–water partition coefficient (Wildman–Crippen LogP) is 1.08. The molecule has 0 saturated carbocycles. The number of rotatable bonds is 6. The molecular weight excluding hydrogens is 188 g/mol. The van der Waals surface area contributed by atoms with Crippen molar-refractivity contribution in [2.75, 3.05) is 32.8 Å². The maximum atomic E-state index is 8.81. The van der Waals surface area contributed by atoms with E-state index in [1.165, 1.54) is 32.4 Å². The molecule has 0 aliphatic carbocycles. The smallest absolute Gasteiger partial charge is 0.0556 e. The number of piperidine rings is 1. The molecule has 3 heteroatoms. The van der Waals surface area contributed by atoms with Crippen molar-refractivity contribution >= 4 is 0 Å². The van der Waals surface area contributed by atoms with Gasteiger partial charge < -0.3 is 15.3 Å². The molecule has 2 N–H and O–H groups in total. The molecule has 0 spiro atoms. The van der Waals surface area contributed by atoms with Gasteiger partial charge in [-0.3, -0.25) is 0 Å². The maximum Gasteiger partial charge on any atom is 0.0556 e. The Morgan fingerprint density at radius 2 is 2.13 bits per heavy atom. The minimum Gasteiger partial charge on any atom is -0.395 e. The van der Waals surface area contributed by atoms with Crippen molar-refractivity contribution in [3.8, 4) is 0 Å². The molecule has 1 rings (SSSR count). The fourth-order valence-corrected chi connectivity index (χ4v) is 2.51. The number of nitrogens with zero attached hydrogens (tertiary/aromatic N) is 1. The summed E-state index contributed by atoms with van der Waals surface area (Å²) in [5.74, 6) is 0.835. The first-order chi connectivity index (χ1) is 7.30. The molecule has 0 bridgehead atoms. The van der Waals surface area contributed by atoms with Crippen LogP contribution in [0, 0.1) is 5.92 Å². The molecule has 0 aromatic heterocycles. The molecule has 1 aliphatic rings. The van der Waals surface area contributed by atoms with Gasteiger partial charge in [0.2, 0.25) is 0 Å². The number of aliphatic hydroxyl groups excluding tert-OH is 1. The third-order valence-electron chi connectivity index (χ3n) is 3.27. The monoisotopic (exact) mass is 214 g/mol. The fourth-order valence-electron chi connectivity index (χ4n) is 2.51. The molecule has 90 valence electrons. The highest BCUT2D eigenvalue weighted by Crippen LogP contribution is 2.19. The Kier molecular flexibility index (Phi) is 6.22. The maximum absolute atomic E-state index is 8.81. The number of nitrogens with one attached hydrogen (secondary N) is 1. The van der Waals surface area contributed by atoms with Crippen LogP contribution in [0.25, 0.3) is 0 Å². The van der Waals surface area contributed by atoms with Gasteiger partial charge in [-0.15, -0.1) is 0 Å². The van der Waals surface area contributed by atoms with E-state index in [2.05, 4.69) is 24.1 Å². The highest BCUT2D eigenvalue weighted by Gasteiger charge is 2.24. The van der Waals surface area contributed by atoms with Crippen LogP contribution in [0.3, 0.4) is 0 Å². The van der Waals surface area contributed by atoms with Crippen LogP contribution in [0.5, 0.6) is 0 Å². The molecule has 15 heavy (non-hydrogen) atoms. The molecule has 0 aromatic rings. The van der Waals surface area contributed by atoms with Crippen LogP contribution in [-0.2, 0) is 0 Å². The second-order valence-electron chi connectivity index (χ2n) is 4.64. The largest absolute Gasteiger partial charge is 0.395 e. The molecule has 3 nitrogen and oxygen atoms in total. The lowest BCUT2D eigenvalue weighted by atomic mass is 9.92. The summed E-state index contributed by atoms with van der Waals surface area (Å²) in [7, 11) is 0. The van der Waals surface area contributed by atoms with Crippen LogP contribution in [0.4, 0.5) is 0 Å². The van der Waals surface area contributed by atoms with Gasteiger partial charge in [0.15, 0.2) is 0 Å². The molecule has 1 fully saturated rings. The van der Waals surface area contributed by atoms with E-state index in [1.807, 2.05) is 0 Å². The number of hydrogen-bond acceptors (Lipinski definition) is 3. The van der Waals surface area contributed by atoms with E-state index in [1.54, 1.807) is 0 Å². The molecule has 1 aliphatic heterocycles. The van der Waals surface area contributed by atoms with E-state index < -0.39 is 0 Å². The lowest BCUT2D eigenvalue weighted by Crippen LogP contribution is -2.49. The third-order valence-corrected chi connectivity index (χ3v) is 3.27. The van der Waals surface area contributed by atoms with E-state index in [9.17, 15) is 0 Å². The highest BCUT2D eigenvalue weighted by atomic mass is 16.3. The van der Waals surface area contributed by atoms with Crippen LogP contribution in [0.1, 0.15) is 33.1 Å². The van der Waals surface area contributed by atoms with Gasteiger partial charge in [-0.25, -0.2) is 0 Å². The lowest BCUT2D eigenvalue weighted by Gasteiger charge is -2.37. The summed E-state index contributed by atoms with van der Waals surface area (Å²) in [4.78, 5) is 2.56. The van der Waals surface area contributed by atoms with Crippen LogP contribution in [0.15, 0.2) is 0 Å². The summed E-state index contributed by atoms with van der Waals surface area (Å²) in [6, 6.07) is 0.586. The summed E-state index contributed by atoms with van der Waals surface area (Å²) >= 11 is 0. The van der Waals surface area contributed by atoms with Crippen LogP contribution < -0.4 is 5.32 Å². The Morgan fingerprint density at radius 1 is 1.33 bits per heavy atom. The van der Waals surface area contributed by atoms with E-state index in [-0.39, 0.29) is 6.61 Å². The van der Waals surface area contributed by atoms with Crippen molar-refractivity contribution in [3.05, 3.63) is 0 Å². The van der Waals surface area contributed by atoms with Crippen molar-refractivity contribution in [2.24, 2.45) is 5.92 Å². The quantitative estimate of drug-likeness (QED) is 0.694. The second kappa shape index (κ2) is 7.20. The van der Waals surface area contributed by atoms with E-state index in [0.717, 1.165) is 19.0 Å². The first-order valence-corrected chi connectivity index (χ1v) is 6.36. The zero-order valence-electron chi connectivity index (χ0n) is 10.2. The molecular formula is C12H26N2O. The van der Waals surface area contributed by atoms with Gasteiger partial charge in [0.1, 0.15) is 0 Å². The Morgan fingerprint density at radius 3 is 2.73 bits per heavy atom. The lowest BCUT2D eigenvalue weighted by molar-refractivity contribution is 0.135. The van der Waals surface area contributed by atoms with Crippen molar-refractivity contribution in [2.45, 2.75) is 39.2 Å². The van der Waals surface area contributed by atoms with Gasteiger partial charge in [-0.05, 0) is 25.3 Å². The molecule has 2 unspecified atom stereocenters. The number of aliphatic hydroxyl groups is 1. The summed E-state index contributed by atoms with van der Waals surface area (Å²) in [5, 5.41) is 12.2. The molecule has 0 amide bonds. The average molecular weight is 214 g/mol. The Bertz CT molecular complexity index is 164. The van der Waals surface area contributed by atoms with Crippen LogP contribution >= 0.6 is 0 Å². The molecule has 0 aromatic carbocycles. The summed E-state index contributed by atoms with van der Waals surface area (Å²) in [6.07, 6.45) is 3.79. The first kappa shape index (κ1) is 12.9. The Hall–Kier alpha value is -0.120. The van der Waals surface area contributed by atoms with Gasteiger partial charge in [-0.2, -0.15) is 0 Å². The Balaban J connectivity index is 2.36. The molecule has 1 saturated heterocycles. The molecule has 2 atom stereocenters. The predicted molar refractivity (Wildman–Crippen MR) is 64.0 cm³/mol. The topological polar surface area (TPSA) is 35.5 Å². The zero-order valence-corrected chi connectivity index (χ0v) is 10.2. The van der Waals surface area contributed by atoms with Crippen molar-refractivity contribution in [3.63, 3.8) is 0 Å². The first-order valence-electron chi connectivity index (χ1n) is 6.36. The summed E-state index contributed by atoms with van der Waals surface area (Å²) in [5.41, 5.74) is 0. The molecule has 1 heterocycles. The normalized spacial score (nSPS) is 28.2. The van der Waals surface area contributed by atoms with E-state index in [4.69, 9.17) is 5.11 Å². The number of likely N-dealkylation sites (tertiary alicyclic amines) is 1. The van der Waals surface area contributed by atoms with E-state index in [0.29, 0.717) is 6.04 Å². The van der Waals surface area contributed by atoms with E-state index >= 15 is 0 Å². The summed E-state index contributed by atoms with van der Waals surface area (Å²) in [6.45, 7) is 9.15. The summed E-state index contributed by atoms with van der Waals surface area (Å²) < 4.78 is 0. The Labute approximate surface area is 93.9 Å². The standard InChI is InChI=1S/C12H26N2O/c1-3-6-14-9-11(4-2)8-12(10-14)13-5-7-15/h11-13,15H,3-10H2,1-2H3. The zero-order chi connectivity index (χ0) is 11.1. The second-order valence-corrected chi connectivity index (χ2v) is 4.64. The number of hydrogen-bond donors (Lipinski definition) is 2. The van der Waals surface area contributed by atoms with Crippen molar-refractivity contribution < 1.29 is 5.11 Å². The van der Waals surface area contributed by atoms with Crippen LogP contribution in [0.2, 0.25) is 0 Å². The van der Waals surface area contributed by atoms with Gasteiger partial charge >= 0.3 is 0 Å². The highest BCUT2D eigenvalue weighted by molar-refractivity contribution is 4.82. The van der Waals surface area contributed by atoms with Crippen molar-refractivity contribution in [1.29, 1.82) is 0 Å². The van der Waals surface area contributed by atoms with Gasteiger partial charge in [0.25, 0.3) is 0 Å². The minimum absolute atomic E-state index is 0.251. The van der Waals surface area contributed by atoms with Crippen molar-refractivity contribution in [1.82, 2.24) is 10.2 Å². The van der Waals surface area contributed by atoms with Gasteiger partial charge in [-0.1, -0.05) is 20.3 Å². The third kappa shape index (κ3) is 4.49. The van der Waals surface area contributed by atoms with Gasteiger partial charge in [0, 0.05) is 25.7 Å². The average Bonchev–Trinajstić information content (AvgIpc) is 2.26. The molecule has 0 radical (unpaired) electrons. The fraction of sp³-hybridized carbons (Fsp3) is 1.00. The minimum atomic E-state index is 0.251. The van der Waals surface area contributed by atoms with Gasteiger partial charge in [0.05, 0.1) is 6.61 Å².